The molecule has 40 heavy (non-hydrogen) atoms. The van der Waals surface area contributed by atoms with E-state index in [0.717, 1.165) is 48.1 Å². The molecule has 4 heterocycles. The van der Waals surface area contributed by atoms with Crippen molar-refractivity contribution in [1.82, 2.24) is 24.8 Å². The molecular weight excluding hydrogens is 509 g/mol. The van der Waals surface area contributed by atoms with Crippen LogP contribution in [0.15, 0.2) is 53.6 Å². The summed E-state index contributed by atoms with van der Waals surface area (Å²) in [5.74, 6) is 0.359. The molecule has 0 aliphatic carbocycles. The minimum Gasteiger partial charge on any atom is -0.496 e. The van der Waals surface area contributed by atoms with Gasteiger partial charge in [0, 0.05) is 41.1 Å². The van der Waals surface area contributed by atoms with Crippen LogP contribution in [-0.2, 0) is 13.1 Å². The van der Waals surface area contributed by atoms with Gasteiger partial charge in [-0.2, -0.15) is 0 Å². The highest BCUT2D eigenvalue weighted by Crippen LogP contribution is 2.36. The first kappa shape index (κ1) is 27.6. The minimum atomic E-state index is -0.305. The summed E-state index contributed by atoms with van der Waals surface area (Å²) in [4.78, 5) is 35.2. The van der Waals surface area contributed by atoms with Gasteiger partial charge in [0.1, 0.15) is 11.6 Å². The lowest BCUT2D eigenvalue weighted by Gasteiger charge is -2.36. The average molecular weight is 546 g/mol. The number of benzene rings is 1. The first-order chi connectivity index (χ1) is 19.3. The van der Waals surface area contributed by atoms with E-state index in [9.17, 15) is 14.0 Å². The summed E-state index contributed by atoms with van der Waals surface area (Å²) in [5.41, 5.74) is 4.25. The largest absolute Gasteiger partial charge is 0.496 e. The van der Waals surface area contributed by atoms with Crippen LogP contribution in [-0.4, -0.2) is 45.5 Å². The van der Waals surface area contributed by atoms with Crippen LogP contribution < -0.4 is 15.6 Å². The zero-order chi connectivity index (χ0) is 28.4. The zero-order valence-electron chi connectivity index (χ0n) is 23.5. The van der Waals surface area contributed by atoms with Crippen molar-refractivity contribution in [2.75, 3.05) is 20.2 Å². The normalized spacial score (nSPS) is 15.3. The van der Waals surface area contributed by atoms with E-state index in [1.165, 1.54) is 13.3 Å². The molecule has 0 bridgehead atoms. The third-order valence-corrected chi connectivity index (χ3v) is 8.15. The number of fused-ring (bicyclic) bond motifs is 1. The van der Waals surface area contributed by atoms with Crippen LogP contribution in [0.5, 0.6) is 5.75 Å². The van der Waals surface area contributed by atoms with Crippen molar-refractivity contribution in [2.45, 2.75) is 52.7 Å². The molecule has 8 nitrogen and oxygen atoms in total. The number of ether oxygens (including phenoxy) is 1. The Balaban J connectivity index is 1.34. The predicted octanol–water partition coefficient (Wildman–Crippen LogP) is 4.89. The second-order valence-corrected chi connectivity index (χ2v) is 10.7. The smallest absolute Gasteiger partial charge is 0.256 e. The Bertz CT molecular complexity index is 1590. The van der Waals surface area contributed by atoms with Crippen molar-refractivity contribution in [2.24, 2.45) is 5.92 Å². The molecule has 1 aliphatic rings. The number of likely N-dealkylation sites (tertiary alicyclic amines) is 1. The minimum absolute atomic E-state index is 0.0609. The Hall–Kier alpha value is -3.98. The fraction of sp³-hybridized carbons (Fsp3) is 0.387. The fourth-order valence-electron chi connectivity index (χ4n) is 6.10. The van der Waals surface area contributed by atoms with Crippen LogP contribution in [0.25, 0.3) is 10.9 Å². The Morgan fingerprint density at radius 3 is 2.67 bits per heavy atom. The number of carbonyl (C=O) groups excluding carboxylic acids is 1. The molecule has 1 atom stereocenters. The Labute approximate surface area is 233 Å². The SMILES string of the molecule is COc1cc(C)[nH]c(=O)c1CNC(=O)c1c(C)n(C(C)C2CCN(Cc3cncc(F)c3)CC2)c2ccccc12. The number of methoxy groups -OCH3 is 1. The third-order valence-electron chi connectivity index (χ3n) is 8.15. The van der Waals surface area contributed by atoms with Gasteiger partial charge in [0.15, 0.2) is 0 Å². The Morgan fingerprint density at radius 1 is 1.20 bits per heavy atom. The van der Waals surface area contributed by atoms with Crippen molar-refractivity contribution < 1.29 is 13.9 Å². The van der Waals surface area contributed by atoms with Gasteiger partial charge < -0.3 is 19.6 Å². The highest BCUT2D eigenvalue weighted by molar-refractivity contribution is 6.08. The molecule has 4 aromatic rings. The monoisotopic (exact) mass is 545 g/mol. The molecule has 0 spiro atoms. The quantitative estimate of drug-likeness (QED) is 0.329. The molecule has 1 saturated heterocycles. The van der Waals surface area contributed by atoms with Crippen molar-refractivity contribution in [3.63, 3.8) is 0 Å². The molecule has 0 radical (unpaired) electrons. The molecule has 5 rings (SSSR count). The van der Waals surface area contributed by atoms with Gasteiger partial charge in [0.25, 0.3) is 11.5 Å². The maximum Gasteiger partial charge on any atom is 0.256 e. The zero-order valence-corrected chi connectivity index (χ0v) is 23.5. The topological polar surface area (TPSA) is 92.2 Å². The Kier molecular flexibility index (Phi) is 8.02. The van der Waals surface area contributed by atoms with Crippen molar-refractivity contribution >= 4 is 16.8 Å². The van der Waals surface area contributed by atoms with Gasteiger partial charge in [-0.3, -0.25) is 19.5 Å². The van der Waals surface area contributed by atoms with E-state index in [4.69, 9.17) is 4.74 Å². The number of hydrogen-bond acceptors (Lipinski definition) is 5. The average Bonchev–Trinajstić information content (AvgIpc) is 3.23. The highest BCUT2D eigenvalue weighted by Gasteiger charge is 2.29. The predicted molar refractivity (Wildman–Crippen MR) is 153 cm³/mol. The number of aryl methyl sites for hydroxylation is 1. The summed E-state index contributed by atoms with van der Waals surface area (Å²) < 4.78 is 21.3. The number of pyridine rings is 2. The molecular formula is C31H36FN5O3. The summed E-state index contributed by atoms with van der Waals surface area (Å²) in [6, 6.07) is 11.5. The van der Waals surface area contributed by atoms with Crippen LogP contribution in [0.1, 0.15) is 58.7 Å². The lowest BCUT2D eigenvalue weighted by atomic mass is 9.89. The summed E-state index contributed by atoms with van der Waals surface area (Å²) >= 11 is 0. The number of amides is 1. The molecule has 2 N–H and O–H groups in total. The lowest BCUT2D eigenvalue weighted by Crippen LogP contribution is -2.36. The van der Waals surface area contributed by atoms with Gasteiger partial charge in [0.2, 0.25) is 0 Å². The molecule has 0 saturated carbocycles. The summed E-state index contributed by atoms with van der Waals surface area (Å²) in [7, 11) is 1.52. The van der Waals surface area contributed by atoms with Crippen molar-refractivity contribution in [1.29, 1.82) is 0 Å². The highest BCUT2D eigenvalue weighted by atomic mass is 19.1. The maximum atomic E-state index is 13.6. The summed E-state index contributed by atoms with van der Waals surface area (Å²) in [6.45, 7) is 8.61. The van der Waals surface area contributed by atoms with E-state index in [2.05, 4.69) is 37.7 Å². The van der Waals surface area contributed by atoms with Gasteiger partial charge in [-0.1, -0.05) is 18.2 Å². The van der Waals surface area contributed by atoms with Crippen LogP contribution >= 0.6 is 0 Å². The standard InChI is InChI=1S/C31H36FN5O3/c1-19-13-28(40-4)26(30(38)35-19)17-34-31(39)29-21(3)37(27-8-6-5-7-25(27)29)20(2)23-9-11-36(12-10-23)18-22-14-24(32)16-33-15-22/h5-8,13-16,20,23H,9-12,17-18H2,1-4H3,(H,34,39)(H,35,38). The van der Waals surface area contributed by atoms with Crippen LogP contribution in [0.4, 0.5) is 4.39 Å². The number of aromatic nitrogens is 3. The number of piperidine rings is 1. The molecule has 1 unspecified atom stereocenters. The van der Waals surface area contributed by atoms with Gasteiger partial charge in [0.05, 0.1) is 31.0 Å². The first-order valence-corrected chi connectivity index (χ1v) is 13.7. The van der Waals surface area contributed by atoms with Crippen LogP contribution in [0.3, 0.4) is 0 Å². The van der Waals surface area contributed by atoms with E-state index in [1.807, 2.05) is 25.1 Å². The second kappa shape index (κ2) is 11.6. The number of para-hydroxylation sites is 1. The number of rotatable bonds is 8. The number of halogens is 1. The number of carbonyl (C=O) groups is 1. The number of hydrogen-bond donors (Lipinski definition) is 2. The van der Waals surface area contributed by atoms with Crippen LogP contribution in [0.2, 0.25) is 0 Å². The maximum absolute atomic E-state index is 13.6. The summed E-state index contributed by atoms with van der Waals surface area (Å²) in [6.07, 6.45) is 4.97. The van der Waals surface area contributed by atoms with E-state index < -0.39 is 0 Å². The number of nitrogens with zero attached hydrogens (tertiary/aromatic N) is 3. The number of H-pyrrole nitrogens is 1. The van der Waals surface area contributed by atoms with Crippen molar-refractivity contribution in [3.05, 3.63) is 93.0 Å². The van der Waals surface area contributed by atoms with Crippen LogP contribution in [0, 0.1) is 25.6 Å². The fourth-order valence-corrected chi connectivity index (χ4v) is 6.10. The van der Waals surface area contributed by atoms with Gasteiger partial charge >= 0.3 is 0 Å². The van der Waals surface area contributed by atoms with E-state index in [1.54, 1.807) is 25.3 Å². The van der Waals surface area contributed by atoms with E-state index in [-0.39, 0.29) is 29.9 Å². The molecule has 1 aromatic carbocycles. The van der Waals surface area contributed by atoms with E-state index >= 15 is 0 Å². The van der Waals surface area contributed by atoms with Gasteiger partial charge in [-0.05, 0) is 76.4 Å². The molecule has 1 fully saturated rings. The summed E-state index contributed by atoms with van der Waals surface area (Å²) in [5, 5.41) is 3.85. The molecule has 1 aliphatic heterocycles. The first-order valence-electron chi connectivity index (χ1n) is 13.7. The molecule has 210 valence electrons. The molecule has 9 heteroatoms. The Morgan fingerprint density at radius 2 is 1.95 bits per heavy atom. The third kappa shape index (κ3) is 5.51. The molecule has 3 aromatic heterocycles. The molecule has 1 amide bonds. The lowest BCUT2D eigenvalue weighted by molar-refractivity contribution is 0.0951. The van der Waals surface area contributed by atoms with Crippen molar-refractivity contribution in [3.8, 4) is 5.75 Å². The number of aromatic amines is 1. The second-order valence-electron chi connectivity index (χ2n) is 10.7. The van der Waals surface area contributed by atoms with Gasteiger partial charge in [-0.15, -0.1) is 0 Å². The number of nitrogens with one attached hydrogen (secondary N) is 2. The van der Waals surface area contributed by atoms with E-state index in [0.29, 0.717) is 35.0 Å². The van der Waals surface area contributed by atoms with Gasteiger partial charge in [-0.25, -0.2) is 4.39 Å².